The van der Waals surface area contributed by atoms with Gasteiger partial charge in [0.05, 0.1) is 24.5 Å². The zero-order valence-corrected chi connectivity index (χ0v) is 22.3. The number of nitrogens with one attached hydrogen (secondary N) is 1. The standard InChI is InChI=1S/C26H27N5O4S2/c1-4-34-23(33)14-19-15-36-25(27-19)28-22(32)16-37-26-30-29-24(31(26)20-8-6-5-7-9-20)18(3)35-21-12-10-17(2)11-13-21/h5-13,15,18H,4,14,16H2,1-3H3,(H,27,28,32). The molecule has 4 aromatic rings. The Kier molecular flexibility index (Phi) is 8.91. The van der Waals surface area contributed by atoms with Crippen molar-refractivity contribution in [1.82, 2.24) is 19.7 Å². The number of amides is 1. The Morgan fingerprint density at radius 3 is 2.59 bits per heavy atom. The molecule has 192 valence electrons. The number of para-hydroxylation sites is 1. The fourth-order valence-electron chi connectivity index (χ4n) is 3.42. The minimum atomic E-state index is -0.383. The van der Waals surface area contributed by atoms with Gasteiger partial charge in [-0.05, 0) is 45.0 Å². The van der Waals surface area contributed by atoms with E-state index in [2.05, 4.69) is 20.5 Å². The maximum absolute atomic E-state index is 12.6. The molecule has 0 radical (unpaired) electrons. The Balaban J connectivity index is 1.44. The van der Waals surface area contributed by atoms with Crippen LogP contribution < -0.4 is 10.1 Å². The lowest BCUT2D eigenvalue weighted by Gasteiger charge is -2.16. The van der Waals surface area contributed by atoms with Crippen LogP contribution in [0.1, 0.15) is 37.0 Å². The monoisotopic (exact) mass is 537 g/mol. The summed E-state index contributed by atoms with van der Waals surface area (Å²) in [6.07, 6.45) is -0.312. The molecular weight excluding hydrogens is 510 g/mol. The van der Waals surface area contributed by atoms with Gasteiger partial charge >= 0.3 is 5.97 Å². The summed E-state index contributed by atoms with van der Waals surface area (Å²) in [5.74, 6) is 0.872. The summed E-state index contributed by atoms with van der Waals surface area (Å²) in [5.41, 5.74) is 2.58. The van der Waals surface area contributed by atoms with Crippen LogP contribution in [0.3, 0.4) is 0 Å². The van der Waals surface area contributed by atoms with E-state index in [0.717, 1.165) is 17.0 Å². The van der Waals surface area contributed by atoms with Crippen molar-refractivity contribution in [3.63, 3.8) is 0 Å². The van der Waals surface area contributed by atoms with Crippen LogP contribution in [0.4, 0.5) is 5.13 Å². The molecule has 0 aliphatic rings. The molecule has 2 aromatic heterocycles. The quantitative estimate of drug-likeness (QED) is 0.210. The number of aryl methyl sites for hydroxylation is 1. The molecule has 0 saturated heterocycles. The van der Waals surface area contributed by atoms with Crippen LogP contribution in [0.15, 0.2) is 65.1 Å². The van der Waals surface area contributed by atoms with Crippen molar-refractivity contribution in [2.24, 2.45) is 0 Å². The van der Waals surface area contributed by atoms with E-state index in [1.54, 1.807) is 12.3 Å². The number of thioether (sulfide) groups is 1. The van der Waals surface area contributed by atoms with Crippen molar-refractivity contribution < 1.29 is 19.1 Å². The Labute approximate surface area is 223 Å². The smallest absolute Gasteiger partial charge is 0.311 e. The molecule has 0 aliphatic carbocycles. The minimum absolute atomic E-state index is 0.0702. The third-order valence-corrected chi connectivity index (χ3v) is 6.87. The van der Waals surface area contributed by atoms with E-state index < -0.39 is 0 Å². The first-order valence-electron chi connectivity index (χ1n) is 11.7. The lowest BCUT2D eigenvalue weighted by molar-refractivity contribution is -0.142. The SMILES string of the molecule is CCOC(=O)Cc1csc(NC(=O)CSc2nnc(C(C)Oc3ccc(C)cc3)n2-c2ccccc2)n1. The highest BCUT2D eigenvalue weighted by Crippen LogP contribution is 2.28. The number of aromatic nitrogens is 4. The fourth-order valence-corrected chi connectivity index (χ4v) is 4.91. The predicted molar refractivity (Wildman–Crippen MR) is 143 cm³/mol. The van der Waals surface area contributed by atoms with E-state index in [1.807, 2.05) is 73.0 Å². The van der Waals surface area contributed by atoms with Gasteiger partial charge in [-0.1, -0.05) is 47.7 Å². The van der Waals surface area contributed by atoms with Crippen molar-refractivity contribution in [3.8, 4) is 11.4 Å². The van der Waals surface area contributed by atoms with Crippen molar-refractivity contribution >= 4 is 40.1 Å². The Morgan fingerprint density at radius 1 is 1.11 bits per heavy atom. The molecule has 0 saturated carbocycles. The van der Waals surface area contributed by atoms with Gasteiger partial charge in [-0.2, -0.15) is 0 Å². The van der Waals surface area contributed by atoms with Gasteiger partial charge in [0.1, 0.15) is 5.75 Å². The largest absolute Gasteiger partial charge is 0.483 e. The van der Waals surface area contributed by atoms with Crippen molar-refractivity contribution in [1.29, 1.82) is 0 Å². The summed E-state index contributed by atoms with van der Waals surface area (Å²) in [7, 11) is 0. The van der Waals surface area contributed by atoms with Gasteiger partial charge in [-0.15, -0.1) is 21.5 Å². The first-order chi connectivity index (χ1) is 17.9. The van der Waals surface area contributed by atoms with Crippen molar-refractivity contribution in [3.05, 3.63) is 77.1 Å². The number of hydrogen-bond donors (Lipinski definition) is 1. The number of thiazole rings is 1. The third-order valence-electron chi connectivity index (χ3n) is 5.13. The number of rotatable bonds is 11. The number of nitrogens with zero attached hydrogens (tertiary/aromatic N) is 4. The second kappa shape index (κ2) is 12.5. The van der Waals surface area contributed by atoms with E-state index in [-0.39, 0.29) is 30.2 Å². The molecule has 0 spiro atoms. The summed E-state index contributed by atoms with van der Waals surface area (Å²) in [4.78, 5) is 28.6. The second-order valence-corrected chi connectivity index (χ2v) is 9.85. The van der Waals surface area contributed by atoms with Crippen LogP contribution in [0.25, 0.3) is 5.69 Å². The average molecular weight is 538 g/mol. The number of hydrogen-bond acceptors (Lipinski definition) is 9. The molecule has 0 aliphatic heterocycles. The molecule has 9 nitrogen and oxygen atoms in total. The third kappa shape index (κ3) is 7.17. The van der Waals surface area contributed by atoms with E-state index in [9.17, 15) is 9.59 Å². The molecule has 1 atom stereocenters. The maximum atomic E-state index is 12.6. The molecule has 1 N–H and O–H groups in total. The van der Waals surface area contributed by atoms with Crippen LogP contribution >= 0.6 is 23.1 Å². The molecule has 0 fully saturated rings. The summed E-state index contributed by atoms with van der Waals surface area (Å²) in [5, 5.41) is 14.2. The van der Waals surface area contributed by atoms with Gasteiger partial charge in [0.15, 0.2) is 22.2 Å². The van der Waals surface area contributed by atoms with E-state index >= 15 is 0 Å². The van der Waals surface area contributed by atoms with Crippen molar-refractivity contribution in [2.75, 3.05) is 17.7 Å². The Morgan fingerprint density at radius 2 is 1.86 bits per heavy atom. The number of carbonyl (C=O) groups excluding carboxylic acids is 2. The number of benzene rings is 2. The Hall–Kier alpha value is -3.70. The molecule has 1 unspecified atom stereocenters. The van der Waals surface area contributed by atoms with Crippen LogP contribution in [-0.2, 0) is 20.7 Å². The maximum Gasteiger partial charge on any atom is 0.311 e. The van der Waals surface area contributed by atoms with Gasteiger partial charge in [-0.3, -0.25) is 14.2 Å². The molecule has 1 amide bonds. The Bertz CT molecular complexity index is 1340. The lowest BCUT2D eigenvalue weighted by atomic mass is 10.2. The highest BCUT2D eigenvalue weighted by Gasteiger charge is 2.22. The van der Waals surface area contributed by atoms with E-state index in [1.165, 1.54) is 23.1 Å². The zero-order chi connectivity index (χ0) is 26.2. The summed E-state index contributed by atoms with van der Waals surface area (Å²) in [6.45, 7) is 6.01. The van der Waals surface area contributed by atoms with Gasteiger partial charge in [-0.25, -0.2) is 4.98 Å². The molecule has 0 bridgehead atoms. The summed E-state index contributed by atoms with van der Waals surface area (Å²) < 4.78 is 13.0. The van der Waals surface area contributed by atoms with Crippen LogP contribution in [-0.4, -0.2) is 44.0 Å². The first-order valence-corrected chi connectivity index (χ1v) is 13.6. The molecule has 4 rings (SSSR count). The second-order valence-electron chi connectivity index (χ2n) is 8.05. The van der Waals surface area contributed by atoms with Crippen LogP contribution in [0.2, 0.25) is 0 Å². The number of carbonyl (C=O) groups is 2. The normalized spacial score (nSPS) is 11.6. The van der Waals surface area contributed by atoms with Crippen molar-refractivity contribution in [2.45, 2.75) is 38.5 Å². The minimum Gasteiger partial charge on any atom is -0.483 e. The first kappa shape index (κ1) is 26.4. The van der Waals surface area contributed by atoms with Gasteiger partial charge in [0, 0.05) is 11.1 Å². The number of anilines is 1. The molecule has 11 heteroatoms. The van der Waals surface area contributed by atoms with Crippen LogP contribution in [0.5, 0.6) is 5.75 Å². The molecule has 2 aromatic carbocycles. The summed E-state index contributed by atoms with van der Waals surface area (Å²) >= 11 is 2.52. The highest BCUT2D eigenvalue weighted by molar-refractivity contribution is 7.99. The van der Waals surface area contributed by atoms with E-state index in [0.29, 0.717) is 28.4 Å². The van der Waals surface area contributed by atoms with Gasteiger partial charge in [0.2, 0.25) is 5.91 Å². The fraction of sp³-hybridized carbons (Fsp3) is 0.269. The molecule has 2 heterocycles. The lowest BCUT2D eigenvalue weighted by Crippen LogP contribution is -2.15. The topological polar surface area (TPSA) is 108 Å². The predicted octanol–water partition coefficient (Wildman–Crippen LogP) is 5.01. The van der Waals surface area contributed by atoms with Gasteiger partial charge < -0.3 is 14.8 Å². The highest BCUT2D eigenvalue weighted by atomic mass is 32.2. The van der Waals surface area contributed by atoms with E-state index in [4.69, 9.17) is 9.47 Å². The zero-order valence-electron chi connectivity index (χ0n) is 20.7. The average Bonchev–Trinajstić information content (AvgIpc) is 3.51. The number of esters is 1. The number of ether oxygens (including phenoxy) is 2. The van der Waals surface area contributed by atoms with Crippen LogP contribution in [0, 0.1) is 6.92 Å². The van der Waals surface area contributed by atoms with Gasteiger partial charge in [0.25, 0.3) is 0 Å². The molecule has 37 heavy (non-hydrogen) atoms. The molecular formula is C26H27N5O4S2. The summed E-state index contributed by atoms with van der Waals surface area (Å²) in [6, 6.07) is 17.5.